The van der Waals surface area contributed by atoms with E-state index >= 15 is 0 Å². The van der Waals surface area contributed by atoms with Crippen molar-refractivity contribution in [3.8, 4) is 0 Å². The highest BCUT2D eigenvalue weighted by Gasteiger charge is 2.36. The average molecular weight is 316 g/mol. The number of alkyl halides is 3. The summed E-state index contributed by atoms with van der Waals surface area (Å²) in [7, 11) is 0. The van der Waals surface area contributed by atoms with Crippen LogP contribution in [-0.4, -0.2) is 6.18 Å². The summed E-state index contributed by atoms with van der Waals surface area (Å²) in [6.07, 6.45) is -6.81. The third-order valence-corrected chi connectivity index (χ3v) is 2.07. The summed E-state index contributed by atoms with van der Waals surface area (Å²) in [4.78, 5) is 0. The molecule has 0 fully saturated rings. The van der Waals surface area contributed by atoms with Crippen LogP contribution >= 0.6 is 12.4 Å². The Kier molecular flexibility index (Phi) is 5.57. The molecule has 0 amide bonds. The fourth-order valence-corrected chi connectivity index (χ4v) is 1.30. The molecule has 1 rings (SSSR count). The van der Waals surface area contributed by atoms with Gasteiger partial charge in [0.05, 0.1) is 6.42 Å². The molecule has 0 unspecified atom stereocenters. The normalized spacial score (nSPS) is 13.1. The first kappa shape index (κ1) is 17.9. The molecule has 1 atom stereocenters. The molecule has 0 radical (unpaired) electrons. The van der Waals surface area contributed by atoms with Gasteiger partial charge in [-0.05, 0) is 0 Å². The lowest BCUT2D eigenvalue weighted by Crippen LogP contribution is -2.24. The smallest absolute Gasteiger partial charge is 0.323 e. The molecule has 1 aromatic carbocycles. The van der Waals surface area contributed by atoms with Crippen LogP contribution in [0.3, 0.4) is 0 Å². The second-order valence-corrected chi connectivity index (χ2v) is 3.41. The molecule has 0 aliphatic carbocycles. The van der Waals surface area contributed by atoms with Gasteiger partial charge in [-0.25, -0.2) is 22.0 Å². The Labute approximate surface area is 107 Å². The Morgan fingerprint density at radius 2 is 1.11 bits per heavy atom. The van der Waals surface area contributed by atoms with Crippen molar-refractivity contribution in [1.82, 2.24) is 0 Å². The van der Waals surface area contributed by atoms with Gasteiger partial charge in [-0.2, -0.15) is 13.2 Å². The van der Waals surface area contributed by atoms with Gasteiger partial charge in [-0.15, -0.1) is 12.4 Å². The van der Waals surface area contributed by atoms with Crippen molar-refractivity contribution in [2.24, 2.45) is 5.73 Å². The molecule has 0 aliphatic rings. The number of halogens is 9. The van der Waals surface area contributed by atoms with E-state index in [1.54, 1.807) is 0 Å². The van der Waals surface area contributed by atoms with Gasteiger partial charge >= 0.3 is 6.18 Å². The predicted octanol–water partition coefficient (Wildman–Crippen LogP) is 3.76. The summed E-state index contributed by atoms with van der Waals surface area (Å²) in [5.41, 5.74) is 3.14. The van der Waals surface area contributed by atoms with Crippen LogP contribution in [0.2, 0.25) is 0 Å². The zero-order valence-corrected chi connectivity index (χ0v) is 9.61. The van der Waals surface area contributed by atoms with Crippen LogP contribution in [0.5, 0.6) is 0 Å². The number of rotatable bonds is 2. The van der Waals surface area contributed by atoms with E-state index < -0.39 is 53.3 Å². The molecule has 10 heteroatoms. The van der Waals surface area contributed by atoms with Gasteiger partial charge in [0.15, 0.2) is 23.3 Å². The Morgan fingerprint density at radius 3 is 1.42 bits per heavy atom. The van der Waals surface area contributed by atoms with Crippen LogP contribution < -0.4 is 5.73 Å². The molecule has 1 nitrogen and oxygen atoms in total. The van der Waals surface area contributed by atoms with Crippen molar-refractivity contribution in [2.75, 3.05) is 0 Å². The van der Waals surface area contributed by atoms with E-state index in [0.29, 0.717) is 0 Å². The molecule has 0 spiro atoms. The molecule has 0 saturated heterocycles. The first-order valence-electron chi connectivity index (χ1n) is 4.40. The quantitative estimate of drug-likeness (QED) is 0.502. The van der Waals surface area contributed by atoms with Crippen LogP contribution in [-0.2, 0) is 0 Å². The fraction of sp³-hybridized carbons (Fsp3) is 0.333. The van der Waals surface area contributed by atoms with Gasteiger partial charge in [0.25, 0.3) is 0 Å². The van der Waals surface area contributed by atoms with Gasteiger partial charge < -0.3 is 5.73 Å². The summed E-state index contributed by atoms with van der Waals surface area (Å²) in [5.74, 6) is -11.8. The van der Waals surface area contributed by atoms with E-state index in [9.17, 15) is 35.1 Å². The molecule has 0 saturated carbocycles. The monoisotopic (exact) mass is 315 g/mol. The van der Waals surface area contributed by atoms with Crippen molar-refractivity contribution in [3.63, 3.8) is 0 Å². The lowest BCUT2D eigenvalue weighted by molar-refractivity contribution is -0.138. The molecule has 19 heavy (non-hydrogen) atoms. The van der Waals surface area contributed by atoms with Gasteiger partial charge in [-0.3, -0.25) is 0 Å². The summed E-state index contributed by atoms with van der Waals surface area (Å²) >= 11 is 0. The largest absolute Gasteiger partial charge is 0.390 e. The molecule has 1 aromatic rings. The molecule has 0 heterocycles. The molecule has 0 bridgehead atoms. The van der Waals surface area contributed by atoms with Crippen molar-refractivity contribution in [2.45, 2.75) is 18.6 Å². The van der Waals surface area contributed by atoms with Crippen LogP contribution in [0.4, 0.5) is 35.1 Å². The summed E-state index contributed by atoms with van der Waals surface area (Å²) in [6.45, 7) is 0. The van der Waals surface area contributed by atoms with Crippen LogP contribution in [0, 0.1) is 29.1 Å². The predicted molar refractivity (Wildman–Crippen MR) is 51.1 cm³/mol. The molecule has 0 aliphatic heterocycles. The number of hydrogen-bond donors (Lipinski definition) is 1. The minimum Gasteiger partial charge on any atom is -0.323 e. The Balaban J connectivity index is 0.00000324. The number of benzene rings is 1. The SMILES string of the molecule is Cl.N[C@H](CC(F)(F)F)c1c(F)c(F)c(F)c(F)c1F. The standard InChI is InChI=1S/C9H5F8N.ClH/c10-4-3(2(18)1-9(15,16)17)5(11)7(13)8(14)6(4)12;/h2H,1,18H2;1H/t2-;/m1./s1. The Bertz CT molecular complexity index is 443. The third kappa shape index (κ3) is 3.69. The van der Waals surface area contributed by atoms with E-state index in [-0.39, 0.29) is 12.4 Å². The van der Waals surface area contributed by atoms with Gasteiger partial charge in [-0.1, -0.05) is 0 Å². The Morgan fingerprint density at radius 1 is 0.789 bits per heavy atom. The highest BCUT2D eigenvalue weighted by atomic mass is 35.5. The third-order valence-electron chi connectivity index (χ3n) is 2.07. The summed E-state index contributed by atoms with van der Waals surface area (Å²) in [6, 6.07) is -2.38. The van der Waals surface area contributed by atoms with Crippen molar-refractivity contribution >= 4 is 12.4 Å². The maximum absolute atomic E-state index is 13.1. The van der Waals surface area contributed by atoms with E-state index in [0.717, 1.165) is 0 Å². The first-order valence-corrected chi connectivity index (χ1v) is 4.40. The highest BCUT2D eigenvalue weighted by molar-refractivity contribution is 5.85. The average Bonchev–Trinajstić information content (AvgIpc) is 2.21. The minimum absolute atomic E-state index is 0. The van der Waals surface area contributed by atoms with Crippen molar-refractivity contribution in [3.05, 3.63) is 34.6 Å². The molecule has 0 aromatic heterocycles. The van der Waals surface area contributed by atoms with Gasteiger partial charge in [0.2, 0.25) is 5.82 Å². The highest BCUT2D eigenvalue weighted by Crippen LogP contribution is 2.33. The minimum atomic E-state index is -4.90. The van der Waals surface area contributed by atoms with Crippen LogP contribution in [0.1, 0.15) is 18.0 Å². The zero-order valence-electron chi connectivity index (χ0n) is 8.79. The number of hydrogen-bond acceptors (Lipinski definition) is 1. The summed E-state index contributed by atoms with van der Waals surface area (Å²) in [5, 5.41) is 0. The van der Waals surface area contributed by atoms with Crippen LogP contribution in [0.15, 0.2) is 0 Å². The van der Waals surface area contributed by atoms with Gasteiger partial charge in [0, 0.05) is 11.6 Å². The van der Waals surface area contributed by atoms with Crippen molar-refractivity contribution in [1.29, 1.82) is 0 Å². The van der Waals surface area contributed by atoms with E-state index in [1.807, 2.05) is 0 Å². The zero-order chi connectivity index (χ0) is 14.2. The van der Waals surface area contributed by atoms with E-state index in [4.69, 9.17) is 5.73 Å². The molecule has 110 valence electrons. The summed E-state index contributed by atoms with van der Waals surface area (Å²) < 4.78 is 100.0. The lowest BCUT2D eigenvalue weighted by Gasteiger charge is -2.16. The van der Waals surface area contributed by atoms with E-state index in [1.165, 1.54) is 0 Å². The molecule has 2 N–H and O–H groups in total. The molecular weight excluding hydrogens is 310 g/mol. The molecular formula is C9H6ClF8N. The lowest BCUT2D eigenvalue weighted by atomic mass is 10.0. The topological polar surface area (TPSA) is 26.0 Å². The van der Waals surface area contributed by atoms with Crippen LogP contribution in [0.25, 0.3) is 0 Å². The second kappa shape index (κ2) is 5.91. The second-order valence-electron chi connectivity index (χ2n) is 3.41. The maximum atomic E-state index is 13.1. The first-order chi connectivity index (χ1) is 8.06. The number of nitrogens with two attached hydrogens (primary N) is 1. The Hall–Kier alpha value is -1.09. The van der Waals surface area contributed by atoms with Crippen molar-refractivity contribution < 1.29 is 35.1 Å². The van der Waals surface area contributed by atoms with Gasteiger partial charge in [0.1, 0.15) is 0 Å². The maximum Gasteiger partial charge on any atom is 0.390 e. The van der Waals surface area contributed by atoms with E-state index in [2.05, 4.69) is 0 Å². The fourth-order valence-electron chi connectivity index (χ4n) is 1.30.